The van der Waals surface area contributed by atoms with E-state index in [1.54, 1.807) is 0 Å². The zero-order valence-electron chi connectivity index (χ0n) is 12.3. The van der Waals surface area contributed by atoms with Crippen LogP contribution in [0.15, 0.2) is 12.4 Å². The third-order valence-corrected chi connectivity index (χ3v) is 3.69. The third kappa shape index (κ3) is 4.05. The average molecular weight is 265 g/mol. The molecule has 1 aromatic heterocycles. The monoisotopic (exact) mass is 265 g/mol. The van der Waals surface area contributed by atoms with E-state index >= 15 is 0 Å². The first-order chi connectivity index (χ1) is 9.35. The Morgan fingerprint density at radius 1 is 1.47 bits per heavy atom. The maximum atomic E-state index is 5.78. The summed E-state index contributed by atoms with van der Waals surface area (Å²) in [6.45, 7) is 7.42. The zero-order chi connectivity index (χ0) is 13.5. The van der Waals surface area contributed by atoms with Crippen molar-refractivity contribution >= 4 is 0 Å². The Bertz CT molecular complexity index is 358. The number of aromatic nitrogens is 2. The topological polar surface area (TPSA) is 39.1 Å². The van der Waals surface area contributed by atoms with E-state index in [2.05, 4.69) is 34.9 Å². The molecule has 0 aromatic carbocycles. The Morgan fingerprint density at radius 2 is 2.37 bits per heavy atom. The summed E-state index contributed by atoms with van der Waals surface area (Å²) in [4.78, 5) is 4.58. The predicted molar refractivity (Wildman–Crippen MR) is 77.1 cm³/mol. The molecule has 1 aliphatic heterocycles. The van der Waals surface area contributed by atoms with Crippen LogP contribution in [0.1, 0.15) is 57.8 Å². The molecule has 0 bridgehead atoms. The van der Waals surface area contributed by atoms with E-state index < -0.39 is 0 Å². The number of rotatable bonds is 8. The van der Waals surface area contributed by atoms with Gasteiger partial charge < -0.3 is 14.6 Å². The van der Waals surface area contributed by atoms with E-state index in [4.69, 9.17) is 4.74 Å². The minimum absolute atomic E-state index is 0.324. The Kier molecular flexibility index (Phi) is 5.86. The highest BCUT2D eigenvalue weighted by Crippen LogP contribution is 2.24. The quantitative estimate of drug-likeness (QED) is 0.785. The lowest BCUT2D eigenvalue weighted by atomic mass is 10.1. The van der Waals surface area contributed by atoms with Crippen molar-refractivity contribution < 1.29 is 4.74 Å². The minimum Gasteiger partial charge on any atom is -0.378 e. The summed E-state index contributed by atoms with van der Waals surface area (Å²) in [7, 11) is 0. The van der Waals surface area contributed by atoms with Crippen LogP contribution < -0.4 is 5.32 Å². The summed E-state index contributed by atoms with van der Waals surface area (Å²) >= 11 is 0. The van der Waals surface area contributed by atoms with Crippen molar-refractivity contribution in [3.8, 4) is 0 Å². The van der Waals surface area contributed by atoms with Crippen molar-refractivity contribution in [2.24, 2.45) is 0 Å². The number of hydrogen-bond donors (Lipinski definition) is 1. The molecule has 1 aromatic rings. The molecule has 19 heavy (non-hydrogen) atoms. The van der Waals surface area contributed by atoms with Crippen molar-refractivity contribution in [2.75, 3.05) is 13.2 Å². The van der Waals surface area contributed by atoms with Crippen LogP contribution in [0.2, 0.25) is 0 Å². The van der Waals surface area contributed by atoms with Gasteiger partial charge in [-0.25, -0.2) is 4.98 Å². The normalized spacial score (nSPS) is 20.8. The Labute approximate surface area is 116 Å². The van der Waals surface area contributed by atoms with Crippen LogP contribution in [0, 0.1) is 0 Å². The summed E-state index contributed by atoms with van der Waals surface area (Å²) in [5.74, 6) is 1.17. The second kappa shape index (κ2) is 7.65. The summed E-state index contributed by atoms with van der Waals surface area (Å²) in [6, 6.07) is 0.324. The van der Waals surface area contributed by atoms with Gasteiger partial charge in [0.25, 0.3) is 0 Å². The lowest BCUT2D eigenvalue weighted by Crippen LogP contribution is -2.28. The van der Waals surface area contributed by atoms with Crippen LogP contribution in [0.4, 0.5) is 0 Å². The molecule has 0 aliphatic carbocycles. The van der Waals surface area contributed by atoms with Crippen LogP contribution in [-0.4, -0.2) is 28.8 Å². The van der Waals surface area contributed by atoms with Gasteiger partial charge in [0.15, 0.2) is 0 Å². The molecule has 2 atom stereocenters. The standard InChI is InChI=1S/C15H27N3O/c1-3-7-16-14(12-13-6-5-11-19-13)15-17-8-10-18(15)9-4-2/h8,10,13-14,16H,3-7,9,11-12H2,1-2H3. The van der Waals surface area contributed by atoms with Crippen molar-refractivity contribution in [2.45, 2.75) is 64.6 Å². The first-order valence-electron chi connectivity index (χ1n) is 7.71. The van der Waals surface area contributed by atoms with Crippen molar-refractivity contribution in [3.05, 3.63) is 18.2 Å². The van der Waals surface area contributed by atoms with Crippen LogP contribution in [0.5, 0.6) is 0 Å². The molecule has 0 spiro atoms. The molecule has 0 amide bonds. The molecular weight excluding hydrogens is 238 g/mol. The number of imidazole rings is 1. The summed E-state index contributed by atoms with van der Waals surface area (Å²) in [6.07, 6.45) is 10.1. The lowest BCUT2D eigenvalue weighted by molar-refractivity contribution is 0.0932. The maximum absolute atomic E-state index is 5.78. The van der Waals surface area contributed by atoms with E-state index in [-0.39, 0.29) is 0 Å². The summed E-state index contributed by atoms with van der Waals surface area (Å²) in [5.41, 5.74) is 0. The first-order valence-corrected chi connectivity index (χ1v) is 7.71. The fourth-order valence-corrected chi connectivity index (χ4v) is 2.75. The molecule has 1 N–H and O–H groups in total. The average Bonchev–Trinajstić information content (AvgIpc) is 3.06. The van der Waals surface area contributed by atoms with E-state index in [1.807, 2.05) is 6.20 Å². The molecule has 0 radical (unpaired) electrons. The van der Waals surface area contributed by atoms with Gasteiger partial charge in [-0.05, 0) is 38.6 Å². The molecule has 1 fully saturated rings. The SMILES string of the molecule is CCCNC(CC1CCCO1)c1nccn1CCC. The highest BCUT2D eigenvalue weighted by molar-refractivity contribution is 5.00. The molecule has 1 saturated heterocycles. The zero-order valence-corrected chi connectivity index (χ0v) is 12.3. The first kappa shape index (κ1) is 14.5. The maximum Gasteiger partial charge on any atom is 0.125 e. The lowest BCUT2D eigenvalue weighted by Gasteiger charge is -2.22. The Morgan fingerprint density at radius 3 is 3.05 bits per heavy atom. The van der Waals surface area contributed by atoms with Gasteiger partial charge in [0, 0.05) is 25.5 Å². The van der Waals surface area contributed by atoms with Gasteiger partial charge in [-0.3, -0.25) is 0 Å². The van der Waals surface area contributed by atoms with Crippen molar-refractivity contribution in [3.63, 3.8) is 0 Å². The summed E-state index contributed by atoms with van der Waals surface area (Å²) in [5, 5.41) is 3.63. The van der Waals surface area contributed by atoms with E-state index in [0.29, 0.717) is 12.1 Å². The van der Waals surface area contributed by atoms with Gasteiger partial charge in [0.2, 0.25) is 0 Å². The van der Waals surface area contributed by atoms with Crippen LogP contribution in [0.25, 0.3) is 0 Å². The second-order valence-corrected chi connectivity index (χ2v) is 5.36. The number of aryl methyl sites for hydroxylation is 1. The highest BCUT2D eigenvalue weighted by Gasteiger charge is 2.24. The van der Waals surface area contributed by atoms with Gasteiger partial charge in [-0.1, -0.05) is 13.8 Å². The second-order valence-electron chi connectivity index (χ2n) is 5.36. The molecule has 0 saturated carbocycles. The van der Waals surface area contributed by atoms with Gasteiger partial charge in [-0.15, -0.1) is 0 Å². The van der Waals surface area contributed by atoms with Crippen LogP contribution >= 0.6 is 0 Å². The van der Waals surface area contributed by atoms with Gasteiger partial charge in [0.05, 0.1) is 12.1 Å². The van der Waals surface area contributed by atoms with E-state index in [1.165, 1.54) is 18.7 Å². The molecule has 4 nitrogen and oxygen atoms in total. The molecule has 4 heteroatoms. The fraction of sp³-hybridized carbons (Fsp3) is 0.800. The number of nitrogens with one attached hydrogen (secondary N) is 1. The van der Waals surface area contributed by atoms with E-state index in [9.17, 15) is 0 Å². The fourth-order valence-electron chi connectivity index (χ4n) is 2.75. The third-order valence-electron chi connectivity index (χ3n) is 3.69. The number of nitrogens with zero attached hydrogens (tertiary/aromatic N) is 2. The van der Waals surface area contributed by atoms with Crippen molar-refractivity contribution in [1.82, 2.24) is 14.9 Å². The molecule has 108 valence electrons. The molecule has 2 heterocycles. The predicted octanol–water partition coefficient (Wildman–Crippen LogP) is 2.90. The van der Waals surface area contributed by atoms with Crippen molar-refractivity contribution in [1.29, 1.82) is 0 Å². The van der Waals surface area contributed by atoms with Gasteiger partial charge >= 0.3 is 0 Å². The largest absolute Gasteiger partial charge is 0.378 e. The molecule has 2 rings (SSSR count). The minimum atomic E-state index is 0.324. The number of hydrogen-bond acceptors (Lipinski definition) is 3. The molecule has 2 unspecified atom stereocenters. The Hall–Kier alpha value is -0.870. The number of ether oxygens (including phenoxy) is 1. The Balaban J connectivity index is 2.03. The summed E-state index contributed by atoms with van der Waals surface area (Å²) < 4.78 is 8.06. The van der Waals surface area contributed by atoms with Gasteiger partial charge in [-0.2, -0.15) is 0 Å². The van der Waals surface area contributed by atoms with Crippen LogP contribution in [0.3, 0.4) is 0 Å². The highest BCUT2D eigenvalue weighted by atomic mass is 16.5. The molecule has 1 aliphatic rings. The van der Waals surface area contributed by atoms with E-state index in [0.717, 1.165) is 39.0 Å². The molecular formula is C15H27N3O. The van der Waals surface area contributed by atoms with Crippen LogP contribution in [-0.2, 0) is 11.3 Å². The van der Waals surface area contributed by atoms with Gasteiger partial charge in [0.1, 0.15) is 5.82 Å². The smallest absolute Gasteiger partial charge is 0.125 e.